The number of hydrogen-bond acceptors (Lipinski definition) is 2. The zero-order valence-electron chi connectivity index (χ0n) is 20.6. The van der Waals surface area contributed by atoms with Crippen molar-refractivity contribution in [1.82, 2.24) is 4.98 Å². The Morgan fingerprint density at radius 3 is 2.15 bits per heavy atom. The number of para-hydroxylation sites is 1. The van der Waals surface area contributed by atoms with Crippen LogP contribution < -0.4 is 0 Å². The summed E-state index contributed by atoms with van der Waals surface area (Å²) in [5.74, 6) is 0. The van der Waals surface area contributed by atoms with Crippen molar-refractivity contribution < 1.29 is 4.92 Å². The van der Waals surface area contributed by atoms with Crippen molar-refractivity contribution in [3.63, 3.8) is 0 Å². The first kappa shape index (κ1) is 24.0. The van der Waals surface area contributed by atoms with E-state index in [1.54, 1.807) is 12.1 Å². The number of nitrogens with one attached hydrogen (secondary N) is 1. The van der Waals surface area contributed by atoms with Gasteiger partial charge in [0.15, 0.2) is 0 Å². The molecule has 175 valence electrons. The molecule has 0 aliphatic rings. The van der Waals surface area contributed by atoms with Gasteiger partial charge in [0.05, 0.1) is 19.3 Å². The van der Waals surface area contributed by atoms with Gasteiger partial charge in [-0.3, -0.25) is 10.1 Å². The summed E-state index contributed by atoms with van der Waals surface area (Å²) in [4.78, 5) is 15.3. The smallest absolute Gasteiger partial charge is 0.277 e. The molecule has 0 aliphatic heterocycles. The van der Waals surface area contributed by atoms with Gasteiger partial charge in [0.2, 0.25) is 0 Å². The summed E-state index contributed by atoms with van der Waals surface area (Å²) in [6, 6.07) is 23.9. The van der Waals surface area contributed by atoms with Gasteiger partial charge in [0.25, 0.3) is 5.69 Å². The first-order valence-electron chi connectivity index (χ1n) is 12.1. The van der Waals surface area contributed by atoms with E-state index in [1.165, 1.54) is 0 Å². The second kappa shape index (κ2) is 9.98. The number of fused-ring (bicyclic) bond motifs is 1. The summed E-state index contributed by atoms with van der Waals surface area (Å²) in [7, 11) is -0.619. The van der Waals surface area contributed by atoms with E-state index >= 15 is 0 Å². The summed E-state index contributed by atoms with van der Waals surface area (Å²) in [6.07, 6.45) is 0.890. The van der Waals surface area contributed by atoms with E-state index in [2.05, 4.69) is 69.9 Å². The molecule has 1 aromatic heterocycles. The van der Waals surface area contributed by atoms with E-state index in [-0.39, 0.29) is 10.6 Å². The van der Waals surface area contributed by atoms with Crippen molar-refractivity contribution in [1.29, 1.82) is 0 Å². The van der Waals surface area contributed by atoms with Crippen molar-refractivity contribution in [3.05, 3.63) is 88.6 Å². The molecule has 1 radical (unpaired) electrons. The Hall–Kier alpha value is -3.18. The van der Waals surface area contributed by atoms with Gasteiger partial charge in [-0.15, -0.1) is 0 Å². The molecule has 0 spiro atoms. The molecule has 0 saturated carbocycles. The molecule has 4 nitrogen and oxygen atoms in total. The molecule has 0 amide bonds. The molecule has 0 fully saturated rings. The Bertz CT molecular complexity index is 1290. The van der Waals surface area contributed by atoms with Gasteiger partial charge >= 0.3 is 0 Å². The third-order valence-electron chi connectivity index (χ3n) is 6.77. The van der Waals surface area contributed by atoms with Crippen LogP contribution in [0.3, 0.4) is 0 Å². The second-order valence-electron chi connectivity index (χ2n) is 9.79. The summed E-state index contributed by atoms with van der Waals surface area (Å²) in [6.45, 7) is 11.7. The van der Waals surface area contributed by atoms with Crippen LogP contribution in [0.2, 0.25) is 16.6 Å². The fraction of sp³-hybridized carbons (Fsp3) is 0.310. The fourth-order valence-electron chi connectivity index (χ4n) is 5.60. The highest BCUT2D eigenvalue weighted by Gasteiger charge is 2.29. The quantitative estimate of drug-likeness (QED) is 0.159. The molecule has 1 unspecified atom stereocenters. The van der Waals surface area contributed by atoms with Crippen LogP contribution in [0, 0.1) is 10.1 Å². The van der Waals surface area contributed by atoms with Crippen LogP contribution >= 0.6 is 0 Å². The van der Waals surface area contributed by atoms with Gasteiger partial charge in [0, 0.05) is 28.2 Å². The molecular formula is C29H33N2O2Si. The number of H-pyrrole nitrogens is 1. The van der Waals surface area contributed by atoms with Crippen LogP contribution in [0.1, 0.15) is 40.3 Å². The highest BCUT2D eigenvalue weighted by atomic mass is 28.3. The first-order valence-corrected chi connectivity index (χ1v) is 13.8. The van der Waals surface area contributed by atoms with Crippen molar-refractivity contribution in [2.75, 3.05) is 0 Å². The van der Waals surface area contributed by atoms with Crippen LogP contribution in [0.15, 0.2) is 72.8 Å². The second-order valence-corrected chi connectivity index (χ2v) is 14.1. The normalized spacial score (nSPS) is 12.7. The summed E-state index contributed by atoms with van der Waals surface area (Å²) in [5.41, 5.74) is 8.12. The molecule has 4 aromatic rings. The zero-order valence-corrected chi connectivity index (χ0v) is 21.6. The average molecular weight is 470 g/mol. The third-order valence-corrected chi connectivity index (χ3v) is 10.8. The van der Waals surface area contributed by atoms with Crippen LogP contribution in [0.5, 0.6) is 0 Å². The molecule has 34 heavy (non-hydrogen) atoms. The molecule has 0 bridgehead atoms. The molecule has 3 aromatic carbocycles. The molecule has 1 atom stereocenters. The third kappa shape index (κ3) is 4.71. The van der Waals surface area contributed by atoms with Crippen molar-refractivity contribution in [2.24, 2.45) is 0 Å². The monoisotopic (exact) mass is 469 g/mol. The van der Waals surface area contributed by atoms with Crippen LogP contribution in [-0.2, 0) is 6.42 Å². The Balaban J connectivity index is 1.89. The standard InChI is InChI=1S/C29H33N2O2Si/c1-19(2)34(20(3)4)21(5)17-27-29(25-13-9-10-14-28(25)31(32)33)24-16-15-23(18-26(24)30-27)22-11-7-6-8-12-22/h6-16,18-21,30H,17H2,1-5H3. The van der Waals surface area contributed by atoms with Crippen molar-refractivity contribution >= 4 is 25.4 Å². The lowest BCUT2D eigenvalue weighted by Crippen LogP contribution is -2.27. The van der Waals surface area contributed by atoms with Gasteiger partial charge in [-0.05, 0) is 35.2 Å². The van der Waals surface area contributed by atoms with Gasteiger partial charge in [-0.2, -0.15) is 0 Å². The van der Waals surface area contributed by atoms with Gasteiger partial charge in [0.1, 0.15) is 0 Å². The van der Waals surface area contributed by atoms with Crippen molar-refractivity contribution in [3.8, 4) is 22.3 Å². The van der Waals surface area contributed by atoms with Crippen LogP contribution in [0.4, 0.5) is 5.69 Å². The van der Waals surface area contributed by atoms with Gasteiger partial charge in [-0.25, -0.2) is 0 Å². The predicted molar refractivity (Wildman–Crippen MR) is 145 cm³/mol. The maximum absolute atomic E-state index is 11.9. The Morgan fingerprint density at radius 2 is 1.50 bits per heavy atom. The molecule has 1 N–H and O–H groups in total. The number of aromatic nitrogens is 1. The molecular weight excluding hydrogens is 436 g/mol. The molecule has 5 heteroatoms. The molecule has 0 saturated heterocycles. The predicted octanol–water partition coefficient (Wildman–Crippen LogP) is 8.66. The fourth-order valence-corrected chi connectivity index (χ4v) is 9.65. The van der Waals surface area contributed by atoms with E-state index < -0.39 is 8.80 Å². The van der Waals surface area contributed by atoms with Crippen LogP contribution in [-0.4, -0.2) is 18.7 Å². The number of nitro benzene ring substituents is 1. The summed E-state index contributed by atoms with van der Waals surface area (Å²) < 4.78 is 0. The first-order chi connectivity index (χ1) is 16.3. The number of nitrogens with zero attached hydrogens (tertiary/aromatic N) is 1. The maximum atomic E-state index is 11.9. The van der Waals surface area contributed by atoms with E-state index in [0.717, 1.165) is 39.7 Å². The minimum atomic E-state index is -0.619. The lowest BCUT2D eigenvalue weighted by molar-refractivity contribution is -0.384. The Labute approximate surface area is 203 Å². The number of rotatable bonds is 8. The number of hydrogen-bond donors (Lipinski definition) is 1. The highest BCUT2D eigenvalue weighted by molar-refractivity contribution is 6.63. The topological polar surface area (TPSA) is 58.9 Å². The lowest BCUT2D eigenvalue weighted by atomic mass is 9.97. The Kier molecular flexibility index (Phi) is 7.03. The average Bonchev–Trinajstić information content (AvgIpc) is 3.15. The minimum Gasteiger partial charge on any atom is -0.358 e. The van der Waals surface area contributed by atoms with E-state index in [4.69, 9.17) is 0 Å². The number of aromatic amines is 1. The minimum absolute atomic E-state index is 0.155. The summed E-state index contributed by atoms with van der Waals surface area (Å²) in [5, 5.41) is 13.0. The molecule has 4 rings (SSSR count). The lowest BCUT2D eigenvalue weighted by Gasteiger charge is -2.29. The molecule has 1 heterocycles. The number of benzene rings is 3. The largest absolute Gasteiger partial charge is 0.358 e. The zero-order chi connectivity index (χ0) is 24.4. The SMILES string of the molecule is CC(C)[Si](C(C)C)C(C)Cc1[nH]c2cc(-c3ccccc3)ccc2c1-c1ccccc1[N+](=O)[O-]. The Morgan fingerprint density at radius 1 is 0.853 bits per heavy atom. The summed E-state index contributed by atoms with van der Waals surface area (Å²) >= 11 is 0. The van der Waals surface area contributed by atoms with Gasteiger partial charge in [-0.1, -0.05) is 100 Å². The van der Waals surface area contributed by atoms with E-state index in [9.17, 15) is 10.1 Å². The van der Waals surface area contributed by atoms with Crippen molar-refractivity contribution in [2.45, 2.75) is 57.7 Å². The van der Waals surface area contributed by atoms with Gasteiger partial charge < -0.3 is 4.98 Å². The highest BCUT2D eigenvalue weighted by Crippen LogP contribution is 2.41. The van der Waals surface area contributed by atoms with E-state index in [1.807, 2.05) is 30.3 Å². The van der Waals surface area contributed by atoms with Crippen LogP contribution in [0.25, 0.3) is 33.2 Å². The molecule has 0 aliphatic carbocycles. The number of nitro groups is 1. The maximum Gasteiger partial charge on any atom is 0.277 e. The van der Waals surface area contributed by atoms with E-state index in [0.29, 0.717) is 22.2 Å².